The van der Waals surface area contributed by atoms with Gasteiger partial charge in [0.25, 0.3) is 0 Å². The summed E-state index contributed by atoms with van der Waals surface area (Å²) >= 11 is 0. The minimum atomic E-state index is -0.469. The smallest absolute Gasteiger partial charge is 0.195 e. The third kappa shape index (κ3) is 2.33. The summed E-state index contributed by atoms with van der Waals surface area (Å²) in [5.41, 5.74) is 3.70. The van der Waals surface area contributed by atoms with Gasteiger partial charge < -0.3 is 0 Å². The number of ketones is 1. The van der Waals surface area contributed by atoms with E-state index in [9.17, 15) is 9.18 Å². The van der Waals surface area contributed by atoms with E-state index in [-0.39, 0.29) is 11.3 Å². The van der Waals surface area contributed by atoms with Crippen molar-refractivity contribution in [2.75, 3.05) is 0 Å². The van der Waals surface area contributed by atoms with Crippen LogP contribution in [0.3, 0.4) is 0 Å². The summed E-state index contributed by atoms with van der Waals surface area (Å²) in [6.45, 7) is 5.77. The summed E-state index contributed by atoms with van der Waals surface area (Å²) in [5.74, 6) is -0.733. The maximum Gasteiger partial charge on any atom is 0.195 e. The van der Waals surface area contributed by atoms with E-state index >= 15 is 0 Å². The topological polar surface area (TPSA) is 17.1 Å². The highest BCUT2D eigenvalue weighted by molar-refractivity contribution is 6.09. The number of carbonyl (C=O) groups is 1. The molecular weight excluding hydrogens is 227 g/mol. The first-order valence-corrected chi connectivity index (χ1v) is 5.87. The second-order valence-corrected chi connectivity index (χ2v) is 4.61. The van der Waals surface area contributed by atoms with E-state index in [1.54, 1.807) is 24.3 Å². The van der Waals surface area contributed by atoms with Gasteiger partial charge in [0.05, 0.1) is 5.56 Å². The van der Waals surface area contributed by atoms with Crippen LogP contribution in [0.15, 0.2) is 36.4 Å². The van der Waals surface area contributed by atoms with Crippen LogP contribution in [0.1, 0.15) is 32.6 Å². The second-order valence-electron chi connectivity index (χ2n) is 4.61. The van der Waals surface area contributed by atoms with E-state index < -0.39 is 5.82 Å². The molecule has 0 saturated carbocycles. The zero-order valence-corrected chi connectivity index (χ0v) is 10.8. The van der Waals surface area contributed by atoms with Crippen molar-refractivity contribution in [2.24, 2.45) is 0 Å². The highest BCUT2D eigenvalue weighted by atomic mass is 19.1. The molecule has 0 bridgehead atoms. The number of carbonyl (C=O) groups excluding carboxylic acids is 1. The van der Waals surface area contributed by atoms with Crippen LogP contribution in [-0.2, 0) is 0 Å². The van der Waals surface area contributed by atoms with Crippen molar-refractivity contribution < 1.29 is 9.18 Å². The molecule has 2 aromatic carbocycles. The first kappa shape index (κ1) is 12.5. The van der Waals surface area contributed by atoms with Crippen LogP contribution in [0.2, 0.25) is 0 Å². The van der Waals surface area contributed by atoms with Crippen molar-refractivity contribution in [1.82, 2.24) is 0 Å². The first-order valence-electron chi connectivity index (χ1n) is 5.87. The van der Waals surface area contributed by atoms with Crippen molar-refractivity contribution in [3.63, 3.8) is 0 Å². The third-order valence-electron chi connectivity index (χ3n) is 3.14. The van der Waals surface area contributed by atoms with Crippen LogP contribution in [0, 0.1) is 26.6 Å². The lowest BCUT2D eigenvalue weighted by Gasteiger charge is -2.06. The SMILES string of the molecule is Cc1ccc(F)c(C(=O)c2ccc(C)c(C)c2)c1. The molecule has 1 nitrogen and oxygen atoms in total. The number of hydrogen-bond donors (Lipinski definition) is 0. The van der Waals surface area contributed by atoms with Crippen molar-refractivity contribution in [3.8, 4) is 0 Å². The van der Waals surface area contributed by atoms with Crippen molar-refractivity contribution >= 4 is 5.78 Å². The molecule has 0 spiro atoms. The highest BCUT2D eigenvalue weighted by Gasteiger charge is 2.14. The van der Waals surface area contributed by atoms with E-state index in [4.69, 9.17) is 0 Å². The van der Waals surface area contributed by atoms with Gasteiger partial charge in [-0.25, -0.2) is 4.39 Å². The molecule has 92 valence electrons. The van der Waals surface area contributed by atoms with E-state index in [0.717, 1.165) is 16.7 Å². The maximum absolute atomic E-state index is 13.7. The third-order valence-corrected chi connectivity index (χ3v) is 3.14. The standard InChI is InChI=1S/C16H15FO/c1-10-4-7-15(17)14(8-10)16(18)13-6-5-11(2)12(3)9-13/h4-9H,1-3H3. The van der Waals surface area contributed by atoms with Crippen LogP contribution >= 0.6 is 0 Å². The Labute approximate surface area is 106 Å². The van der Waals surface area contributed by atoms with Crippen LogP contribution in [-0.4, -0.2) is 5.78 Å². The predicted octanol–water partition coefficient (Wildman–Crippen LogP) is 3.98. The van der Waals surface area contributed by atoms with Crippen LogP contribution in [0.5, 0.6) is 0 Å². The minimum absolute atomic E-state index is 0.137. The molecule has 0 amide bonds. The summed E-state index contributed by atoms with van der Waals surface area (Å²) in [6, 6.07) is 10.0. The van der Waals surface area contributed by atoms with Gasteiger partial charge in [-0.15, -0.1) is 0 Å². The fourth-order valence-corrected chi connectivity index (χ4v) is 1.85. The van der Waals surface area contributed by atoms with Gasteiger partial charge in [-0.1, -0.05) is 23.8 Å². The Morgan fingerprint density at radius 2 is 1.67 bits per heavy atom. The molecule has 0 N–H and O–H groups in total. The molecule has 2 aromatic rings. The lowest BCUT2D eigenvalue weighted by molar-refractivity contribution is 0.103. The van der Waals surface area contributed by atoms with Crippen molar-refractivity contribution in [1.29, 1.82) is 0 Å². The van der Waals surface area contributed by atoms with E-state index in [2.05, 4.69) is 0 Å². The molecule has 0 unspecified atom stereocenters. The molecule has 0 aliphatic carbocycles. The van der Waals surface area contributed by atoms with E-state index in [1.807, 2.05) is 26.8 Å². The zero-order valence-electron chi connectivity index (χ0n) is 10.8. The lowest BCUT2D eigenvalue weighted by atomic mass is 9.98. The Kier molecular flexibility index (Phi) is 3.28. The summed E-state index contributed by atoms with van der Waals surface area (Å²) in [5, 5.41) is 0. The van der Waals surface area contributed by atoms with Gasteiger partial charge >= 0.3 is 0 Å². The largest absolute Gasteiger partial charge is 0.288 e. The molecule has 2 heteroatoms. The Morgan fingerprint density at radius 1 is 0.944 bits per heavy atom. The molecule has 0 aliphatic rings. The fourth-order valence-electron chi connectivity index (χ4n) is 1.85. The maximum atomic E-state index is 13.7. The number of halogens is 1. The summed E-state index contributed by atoms with van der Waals surface area (Å²) < 4.78 is 13.7. The fraction of sp³-hybridized carbons (Fsp3) is 0.188. The lowest BCUT2D eigenvalue weighted by Crippen LogP contribution is -2.05. The van der Waals surface area contributed by atoms with Crippen LogP contribution in [0.4, 0.5) is 4.39 Å². The van der Waals surface area contributed by atoms with Crippen LogP contribution < -0.4 is 0 Å². The number of benzene rings is 2. The quantitative estimate of drug-likeness (QED) is 0.728. The molecule has 0 aliphatic heterocycles. The van der Waals surface area contributed by atoms with Gasteiger partial charge in [0, 0.05) is 5.56 Å². The van der Waals surface area contributed by atoms with Gasteiger partial charge in [-0.05, 0) is 50.1 Å². The van der Waals surface area contributed by atoms with Gasteiger partial charge in [-0.2, -0.15) is 0 Å². The normalized spacial score (nSPS) is 10.4. The Morgan fingerprint density at radius 3 is 2.33 bits per heavy atom. The number of aryl methyl sites for hydroxylation is 3. The van der Waals surface area contributed by atoms with E-state index in [1.165, 1.54) is 6.07 Å². The minimum Gasteiger partial charge on any atom is -0.288 e. The highest BCUT2D eigenvalue weighted by Crippen LogP contribution is 2.17. The van der Waals surface area contributed by atoms with Gasteiger partial charge in [0.1, 0.15) is 5.82 Å². The molecule has 0 heterocycles. The molecular formula is C16H15FO. The van der Waals surface area contributed by atoms with Crippen molar-refractivity contribution in [3.05, 3.63) is 70.0 Å². The van der Waals surface area contributed by atoms with Crippen molar-refractivity contribution in [2.45, 2.75) is 20.8 Å². The summed E-state index contributed by atoms with van der Waals surface area (Å²) in [4.78, 5) is 12.2. The molecule has 0 fully saturated rings. The van der Waals surface area contributed by atoms with Gasteiger partial charge in [0.15, 0.2) is 5.78 Å². The molecule has 2 rings (SSSR count). The predicted molar refractivity (Wildman–Crippen MR) is 70.5 cm³/mol. The number of hydrogen-bond acceptors (Lipinski definition) is 1. The summed E-state index contributed by atoms with van der Waals surface area (Å²) in [7, 11) is 0. The Balaban J connectivity index is 2.47. The van der Waals surface area contributed by atoms with Crippen LogP contribution in [0.25, 0.3) is 0 Å². The monoisotopic (exact) mass is 242 g/mol. The average Bonchev–Trinajstić information content (AvgIpc) is 2.35. The zero-order chi connectivity index (χ0) is 13.3. The molecule has 0 radical (unpaired) electrons. The first-order chi connectivity index (χ1) is 8.49. The molecule has 0 atom stereocenters. The molecule has 18 heavy (non-hydrogen) atoms. The Hall–Kier alpha value is -1.96. The Bertz CT molecular complexity index is 614. The van der Waals surface area contributed by atoms with Gasteiger partial charge in [-0.3, -0.25) is 4.79 Å². The molecule has 0 saturated heterocycles. The summed E-state index contributed by atoms with van der Waals surface area (Å²) in [6.07, 6.45) is 0. The molecule has 0 aromatic heterocycles. The number of rotatable bonds is 2. The second kappa shape index (κ2) is 4.73. The average molecular weight is 242 g/mol. The van der Waals surface area contributed by atoms with E-state index in [0.29, 0.717) is 5.56 Å². The van der Waals surface area contributed by atoms with Gasteiger partial charge in [0.2, 0.25) is 0 Å².